The number of Topliss-reactive ketones (excluding diaryl/α,β-unsaturated/α-hetero) is 1. The van der Waals surface area contributed by atoms with Gasteiger partial charge in [-0.05, 0) is 34.4 Å². The number of rotatable bonds is 4. The molecule has 0 aliphatic carbocycles. The lowest BCUT2D eigenvalue weighted by Gasteiger charge is -2.33. The van der Waals surface area contributed by atoms with Gasteiger partial charge in [-0.1, -0.05) is 12.8 Å². The number of likely N-dealkylation sites (N-methyl/N-ethyl adjacent to an activating group) is 1. The normalized spacial score (nSPS) is 14.6. The van der Waals surface area contributed by atoms with Crippen molar-refractivity contribution in [3.05, 3.63) is 0 Å². The molecule has 0 fully saturated rings. The number of hydrogen-bond donors (Lipinski definition) is 0. The first kappa shape index (κ1) is 12.2. The van der Waals surface area contributed by atoms with Crippen LogP contribution in [0.4, 0.5) is 0 Å². The maximum Gasteiger partial charge on any atom is 0.164 e. The van der Waals surface area contributed by atoms with Crippen LogP contribution in [-0.2, 0) is 4.79 Å². The summed E-state index contributed by atoms with van der Waals surface area (Å²) in [5.41, 5.74) is -0.357. The molecule has 0 aliphatic rings. The summed E-state index contributed by atoms with van der Waals surface area (Å²) in [5.74, 6) is 5.76. The Morgan fingerprint density at radius 1 is 1.46 bits per heavy atom. The van der Waals surface area contributed by atoms with Gasteiger partial charge in [0.1, 0.15) is 0 Å². The SMILES string of the molecule is CC#CCC(=O)C(C)(CC)N(C)C. The van der Waals surface area contributed by atoms with Crippen LogP contribution in [0.1, 0.15) is 33.6 Å². The van der Waals surface area contributed by atoms with E-state index in [0.29, 0.717) is 6.42 Å². The molecule has 0 amide bonds. The summed E-state index contributed by atoms with van der Waals surface area (Å²) in [7, 11) is 3.86. The summed E-state index contributed by atoms with van der Waals surface area (Å²) in [4.78, 5) is 13.7. The van der Waals surface area contributed by atoms with Gasteiger partial charge in [0.05, 0.1) is 12.0 Å². The van der Waals surface area contributed by atoms with Crippen molar-refractivity contribution in [2.24, 2.45) is 0 Å². The molecule has 0 bridgehead atoms. The van der Waals surface area contributed by atoms with Crippen molar-refractivity contribution >= 4 is 5.78 Å². The fourth-order valence-corrected chi connectivity index (χ4v) is 1.12. The Hall–Kier alpha value is -0.810. The third-order valence-electron chi connectivity index (χ3n) is 2.70. The van der Waals surface area contributed by atoms with Crippen LogP contribution < -0.4 is 0 Å². The molecule has 2 nitrogen and oxygen atoms in total. The van der Waals surface area contributed by atoms with E-state index >= 15 is 0 Å². The Labute approximate surface area is 81.3 Å². The van der Waals surface area contributed by atoms with Gasteiger partial charge in [0.25, 0.3) is 0 Å². The molecular formula is C11H19NO. The first-order valence-electron chi connectivity index (χ1n) is 4.59. The van der Waals surface area contributed by atoms with Crippen LogP contribution in [0.15, 0.2) is 0 Å². The molecule has 1 atom stereocenters. The molecule has 13 heavy (non-hydrogen) atoms. The zero-order chi connectivity index (χ0) is 10.5. The van der Waals surface area contributed by atoms with E-state index in [2.05, 4.69) is 11.8 Å². The summed E-state index contributed by atoms with van der Waals surface area (Å²) >= 11 is 0. The third-order valence-corrected chi connectivity index (χ3v) is 2.70. The fourth-order valence-electron chi connectivity index (χ4n) is 1.12. The van der Waals surface area contributed by atoms with E-state index in [-0.39, 0.29) is 11.3 Å². The first-order chi connectivity index (χ1) is 5.99. The second-order valence-electron chi connectivity index (χ2n) is 3.55. The quantitative estimate of drug-likeness (QED) is 0.615. The summed E-state index contributed by atoms with van der Waals surface area (Å²) in [6.45, 7) is 5.75. The van der Waals surface area contributed by atoms with E-state index in [1.807, 2.05) is 32.8 Å². The molecule has 0 saturated carbocycles. The highest BCUT2D eigenvalue weighted by Crippen LogP contribution is 2.18. The highest BCUT2D eigenvalue weighted by atomic mass is 16.1. The van der Waals surface area contributed by atoms with Crippen molar-refractivity contribution in [1.29, 1.82) is 0 Å². The first-order valence-corrected chi connectivity index (χ1v) is 4.59. The van der Waals surface area contributed by atoms with Gasteiger partial charge in [-0.2, -0.15) is 0 Å². The lowest BCUT2D eigenvalue weighted by molar-refractivity contribution is -0.128. The molecule has 0 aromatic carbocycles. The van der Waals surface area contributed by atoms with Crippen LogP contribution in [0.2, 0.25) is 0 Å². The molecule has 0 N–H and O–H groups in total. The molecule has 0 saturated heterocycles. The minimum absolute atomic E-state index is 0.203. The van der Waals surface area contributed by atoms with Gasteiger partial charge >= 0.3 is 0 Å². The highest BCUT2D eigenvalue weighted by Gasteiger charge is 2.32. The predicted octanol–water partition coefficient (Wildman–Crippen LogP) is 1.70. The number of carbonyl (C=O) groups excluding carboxylic acids is 1. The summed E-state index contributed by atoms with van der Waals surface area (Å²) in [5, 5.41) is 0. The summed E-state index contributed by atoms with van der Waals surface area (Å²) in [6.07, 6.45) is 1.18. The number of ketones is 1. The molecule has 0 spiro atoms. The second kappa shape index (κ2) is 5.04. The van der Waals surface area contributed by atoms with Crippen molar-refractivity contribution in [2.75, 3.05) is 14.1 Å². The van der Waals surface area contributed by atoms with Crippen LogP contribution in [0.25, 0.3) is 0 Å². The highest BCUT2D eigenvalue weighted by molar-refractivity contribution is 5.89. The average Bonchev–Trinajstić information content (AvgIpc) is 2.12. The molecule has 0 aromatic heterocycles. The van der Waals surface area contributed by atoms with Crippen molar-refractivity contribution in [1.82, 2.24) is 4.90 Å². The van der Waals surface area contributed by atoms with Crippen molar-refractivity contribution < 1.29 is 4.79 Å². The monoisotopic (exact) mass is 181 g/mol. The topological polar surface area (TPSA) is 20.3 Å². The zero-order valence-corrected chi connectivity index (χ0v) is 9.27. The standard InChI is InChI=1S/C11H19NO/c1-6-8-9-10(13)11(3,7-2)12(4)5/h7,9H2,1-5H3. The summed E-state index contributed by atoms with van der Waals surface area (Å²) < 4.78 is 0. The molecule has 0 aliphatic heterocycles. The van der Waals surface area contributed by atoms with Crippen LogP contribution in [-0.4, -0.2) is 30.3 Å². The Bertz CT molecular complexity index is 234. The van der Waals surface area contributed by atoms with Gasteiger partial charge < -0.3 is 0 Å². The Morgan fingerprint density at radius 3 is 2.31 bits per heavy atom. The van der Waals surface area contributed by atoms with Crippen LogP contribution in [0.3, 0.4) is 0 Å². The zero-order valence-electron chi connectivity index (χ0n) is 9.27. The van der Waals surface area contributed by atoms with Gasteiger partial charge in [0.2, 0.25) is 0 Å². The predicted molar refractivity (Wildman–Crippen MR) is 55.5 cm³/mol. The Morgan fingerprint density at radius 2 is 2.00 bits per heavy atom. The maximum absolute atomic E-state index is 11.8. The Balaban J connectivity index is 4.54. The molecule has 0 rings (SSSR count). The lowest BCUT2D eigenvalue weighted by atomic mass is 9.90. The molecule has 0 radical (unpaired) electrons. The molecule has 1 unspecified atom stereocenters. The van der Waals surface area contributed by atoms with Gasteiger partial charge in [-0.25, -0.2) is 0 Å². The van der Waals surface area contributed by atoms with Crippen molar-refractivity contribution in [3.63, 3.8) is 0 Å². The largest absolute Gasteiger partial charge is 0.297 e. The average molecular weight is 181 g/mol. The third kappa shape index (κ3) is 2.86. The van der Waals surface area contributed by atoms with E-state index in [0.717, 1.165) is 6.42 Å². The van der Waals surface area contributed by atoms with Gasteiger partial charge in [0.15, 0.2) is 5.78 Å². The van der Waals surface area contributed by atoms with Crippen molar-refractivity contribution in [2.45, 2.75) is 39.2 Å². The Kier molecular flexibility index (Phi) is 4.72. The van der Waals surface area contributed by atoms with E-state index in [1.165, 1.54) is 0 Å². The summed E-state index contributed by atoms with van der Waals surface area (Å²) in [6, 6.07) is 0. The van der Waals surface area contributed by atoms with E-state index in [4.69, 9.17) is 0 Å². The number of nitrogens with zero attached hydrogens (tertiary/aromatic N) is 1. The van der Waals surface area contributed by atoms with Crippen molar-refractivity contribution in [3.8, 4) is 11.8 Å². The van der Waals surface area contributed by atoms with Crippen LogP contribution >= 0.6 is 0 Å². The molecule has 2 heteroatoms. The fraction of sp³-hybridized carbons (Fsp3) is 0.727. The van der Waals surface area contributed by atoms with Crippen LogP contribution in [0, 0.1) is 11.8 Å². The van der Waals surface area contributed by atoms with Gasteiger partial charge in [-0.3, -0.25) is 9.69 Å². The molecule has 0 heterocycles. The van der Waals surface area contributed by atoms with Crippen LogP contribution in [0.5, 0.6) is 0 Å². The van der Waals surface area contributed by atoms with Gasteiger partial charge in [-0.15, -0.1) is 5.92 Å². The molecule has 74 valence electrons. The van der Waals surface area contributed by atoms with E-state index < -0.39 is 0 Å². The molecule has 0 aromatic rings. The minimum Gasteiger partial charge on any atom is -0.297 e. The van der Waals surface area contributed by atoms with E-state index in [9.17, 15) is 4.79 Å². The number of hydrogen-bond acceptors (Lipinski definition) is 2. The molecular weight excluding hydrogens is 162 g/mol. The maximum atomic E-state index is 11.8. The number of carbonyl (C=O) groups is 1. The second-order valence-corrected chi connectivity index (χ2v) is 3.55. The van der Waals surface area contributed by atoms with E-state index in [1.54, 1.807) is 6.92 Å². The smallest absolute Gasteiger partial charge is 0.164 e. The minimum atomic E-state index is -0.357. The lowest BCUT2D eigenvalue weighted by Crippen LogP contribution is -2.47. The van der Waals surface area contributed by atoms with Gasteiger partial charge in [0, 0.05) is 0 Å².